The molecule has 0 atom stereocenters. The summed E-state index contributed by atoms with van der Waals surface area (Å²) in [5.74, 6) is -0.177. The third-order valence-corrected chi connectivity index (χ3v) is 3.06. The van der Waals surface area contributed by atoms with E-state index in [1.54, 1.807) is 0 Å². The van der Waals surface area contributed by atoms with E-state index < -0.39 is 0 Å². The van der Waals surface area contributed by atoms with Crippen molar-refractivity contribution in [2.75, 3.05) is 0 Å². The van der Waals surface area contributed by atoms with Gasteiger partial charge in [-0.3, -0.25) is 4.79 Å². The number of nitrogens with zero attached hydrogens (tertiary/aromatic N) is 2. The lowest BCUT2D eigenvalue weighted by molar-refractivity contribution is -0.114. The van der Waals surface area contributed by atoms with Gasteiger partial charge in [0.25, 0.3) is 5.91 Å². The topological polar surface area (TPSA) is 53.8 Å². The highest BCUT2D eigenvalue weighted by atomic mass is 16.1. The molecule has 1 aliphatic heterocycles. The zero-order chi connectivity index (χ0) is 13.1. The molecule has 0 unspecified atom stereocenters. The van der Waals surface area contributed by atoms with Crippen LogP contribution in [0.5, 0.6) is 0 Å². The van der Waals surface area contributed by atoms with Gasteiger partial charge in [0.05, 0.1) is 5.71 Å². The van der Waals surface area contributed by atoms with Gasteiger partial charge >= 0.3 is 0 Å². The third kappa shape index (κ3) is 2.38. The molecule has 2 aliphatic rings. The molecule has 0 radical (unpaired) electrons. The van der Waals surface area contributed by atoms with Crippen molar-refractivity contribution in [3.8, 4) is 0 Å². The van der Waals surface area contributed by atoms with Gasteiger partial charge < -0.3 is 5.32 Å². The number of hydrogen-bond acceptors (Lipinski definition) is 3. The lowest BCUT2D eigenvalue weighted by atomic mass is 9.98. The second kappa shape index (κ2) is 5.02. The molecule has 1 aliphatic carbocycles. The second-order valence-corrected chi connectivity index (χ2v) is 4.38. The zero-order valence-corrected chi connectivity index (χ0v) is 10.3. The fourth-order valence-corrected chi connectivity index (χ4v) is 2.05. The highest BCUT2D eigenvalue weighted by Crippen LogP contribution is 2.17. The number of amides is 1. The van der Waals surface area contributed by atoms with Gasteiger partial charge in [0.2, 0.25) is 0 Å². The summed E-state index contributed by atoms with van der Waals surface area (Å²) in [4.78, 5) is 12.1. The average molecular weight is 251 g/mol. The van der Waals surface area contributed by atoms with Gasteiger partial charge in [-0.25, -0.2) is 0 Å². The molecule has 1 heterocycles. The summed E-state index contributed by atoms with van der Waals surface area (Å²) in [7, 11) is 0. The van der Waals surface area contributed by atoms with Crippen LogP contribution >= 0.6 is 0 Å². The standard InChI is InChI=1S/C15H13N3O/c19-15(16-10-11-6-2-1-3-7-11)14-12-8-4-5-9-13(12)17-18-14/h1-8H,9-10H2,(H,16,19). The Kier molecular flexibility index (Phi) is 3.06. The molecule has 0 aromatic heterocycles. The molecular formula is C15H13N3O. The number of carbonyl (C=O) groups is 1. The van der Waals surface area contributed by atoms with E-state index in [1.165, 1.54) is 0 Å². The lowest BCUT2D eigenvalue weighted by Crippen LogP contribution is -2.32. The number of nitrogens with one attached hydrogen (secondary N) is 1. The summed E-state index contributed by atoms with van der Waals surface area (Å²) >= 11 is 0. The van der Waals surface area contributed by atoms with Crippen LogP contribution in [0, 0.1) is 0 Å². The Bertz CT molecular complexity index is 624. The van der Waals surface area contributed by atoms with Crippen LogP contribution in [0.1, 0.15) is 12.0 Å². The largest absolute Gasteiger partial charge is 0.347 e. The summed E-state index contributed by atoms with van der Waals surface area (Å²) in [6, 6.07) is 9.79. The van der Waals surface area contributed by atoms with Gasteiger partial charge in [-0.2, -0.15) is 5.10 Å². The molecule has 94 valence electrons. The molecule has 19 heavy (non-hydrogen) atoms. The SMILES string of the molecule is O=C(NCc1ccccc1)C1=NN=C2CC=CC=C21. The summed E-state index contributed by atoms with van der Waals surface area (Å²) in [6.45, 7) is 0.497. The van der Waals surface area contributed by atoms with Crippen LogP contribution in [0.3, 0.4) is 0 Å². The van der Waals surface area contributed by atoms with Crippen molar-refractivity contribution in [1.29, 1.82) is 0 Å². The lowest BCUT2D eigenvalue weighted by Gasteiger charge is -2.08. The smallest absolute Gasteiger partial charge is 0.272 e. The Morgan fingerprint density at radius 1 is 1.21 bits per heavy atom. The Balaban J connectivity index is 1.66. The minimum absolute atomic E-state index is 0.177. The van der Waals surface area contributed by atoms with Crippen molar-refractivity contribution in [2.45, 2.75) is 13.0 Å². The van der Waals surface area contributed by atoms with Crippen molar-refractivity contribution >= 4 is 17.3 Å². The highest BCUT2D eigenvalue weighted by Gasteiger charge is 2.25. The second-order valence-electron chi connectivity index (χ2n) is 4.38. The first kappa shape index (κ1) is 11.6. The molecule has 4 heteroatoms. The minimum Gasteiger partial charge on any atom is -0.347 e. The molecular weight excluding hydrogens is 238 g/mol. The maximum Gasteiger partial charge on any atom is 0.272 e. The Morgan fingerprint density at radius 3 is 2.89 bits per heavy atom. The summed E-state index contributed by atoms with van der Waals surface area (Å²) in [6.07, 6.45) is 6.56. The molecule has 0 bridgehead atoms. The number of allylic oxidation sites excluding steroid dienone is 3. The van der Waals surface area contributed by atoms with Gasteiger partial charge in [0.1, 0.15) is 0 Å². The normalized spacial score (nSPS) is 16.3. The number of rotatable bonds is 3. The first-order valence-electron chi connectivity index (χ1n) is 6.19. The fourth-order valence-electron chi connectivity index (χ4n) is 2.05. The van der Waals surface area contributed by atoms with Crippen molar-refractivity contribution in [2.24, 2.45) is 10.2 Å². The van der Waals surface area contributed by atoms with Crippen molar-refractivity contribution in [1.82, 2.24) is 5.32 Å². The van der Waals surface area contributed by atoms with E-state index in [1.807, 2.05) is 48.6 Å². The van der Waals surface area contributed by atoms with Gasteiger partial charge in [-0.05, 0) is 5.56 Å². The molecule has 0 spiro atoms. The Hall–Kier alpha value is -2.49. The molecule has 4 nitrogen and oxygen atoms in total. The van der Waals surface area contributed by atoms with E-state index in [-0.39, 0.29) is 5.91 Å². The van der Waals surface area contributed by atoms with E-state index in [2.05, 4.69) is 15.5 Å². The Labute approximate surface area is 111 Å². The van der Waals surface area contributed by atoms with E-state index in [0.717, 1.165) is 23.3 Å². The van der Waals surface area contributed by atoms with E-state index in [0.29, 0.717) is 12.3 Å². The van der Waals surface area contributed by atoms with Crippen molar-refractivity contribution in [3.05, 3.63) is 59.7 Å². The third-order valence-electron chi connectivity index (χ3n) is 3.06. The molecule has 1 aromatic carbocycles. The minimum atomic E-state index is -0.177. The summed E-state index contributed by atoms with van der Waals surface area (Å²) < 4.78 is 0. The van der Waals surface area contributed by atoms with E-state index >= 15 is 0 Å². The molecule has 1 aromatic rings. The van der Waals surface area contributed by atoms with Crippen molar-refractivity contribution in [3.63, 3.8) is 0 Å². The number of carbonyl (C=O) groups excluding carboxylic acids is 1. The molecule has 3 rings (SSSR count). The number of benzene rings is 1. The van der Waals surface area contributed by atoms with Crippen LogP contribution in [-0.2, 0) is 11.3 Å². The maximum absolute atomic E-state index is 12.1. The van der Waals surface area contributed by atoms with Gasteiger partial charge in [0.15, 0.2) is 5.71 Å². The molecule has 1 amide bonds. The van der Waals surface area contributed by atoms with Gasteiger partial charge in [-0.1, -0.05) is 48.6 Å². The highest BCUT2D eigenvalue weighted by molar-refractivity contribution is 6.53. The number of hydrogen-bond donors (Lipinski definition) is 1. The quantitative estimate of drug-likeness (QED) is 0.877. The van der Waals surface area contributed by atoms with E-state index in [9.17, 15) is 4.79 Å². The number of fused-ring (bicyclic) bond motifs is 1. The maximum atomic E-state index is 12.1. The monoisotopic (exact) mass is 251 g/mol. The molecule has 0 fully saturated rings. The van der Waals surface area contributed by atoms with E-state index in [4.69, 9.17) is 0 Å². The first-order valence-corrected chi connectivity index (χ1v) is 6.19. The van der Waals surface area contributed by atoms with Crippen LogP contribution in [0.4, 0.5) is 0 Å². The van der Waals surface area contributed by atoms with Crippen LogP contribution in [-0.4, -0.2) is 17.3 Å². The molecule has 0 saturated heterocycles. The molecule has 0 saturated carbocycles. The Morgan fingerprint density at radius 2 is 2.05 bits per heavy atom. The van der Waals surface area contributed by atoms with Crippen LogP contribution in [0.2, 0.25) is 0 Å². The van der Waals surface area contributed by atoms with Gasteiger partial charge in [-0.15, -0.1) is 5.10 Å². The van der Waals surface area contributed by atoms with Crippen LogP contribution in [0.25, 0.3) is 0 Å². The van der Waals surface area contributed by atoms with Crippen LogP contribution < -0.4 is 5.32 Å². The predicted molar refractivity (Wildman–Crippen MR) is 75.0 cm³/mol. The van der Waals surface area contributed by atoms with Gasteiger partial charge in [0, 0.05) is 18.5 Å². The zero-order valence-electron chi connectivity index (χ0n) is 10.3. The molecule has 1 N–H and O–H groups in total. The predicted octanol–water partition coefficient (Wildman–Crippen LogP) is 2.00. The summed E-state index contributed by atoms with van der Waals surface area (Å²) in [5, 5.41) is 10.9. The fraction of sp³-hybridized carbons (Fsp3) is 0.133. The summed E-state index contributed by atoms with van der Waals surface area (Å²) in [5.41, 5.74) is 3.18. The first-order chi connectivity index (χ1) is 9.34. The van der Waals surface area contributed by atoms with Crippen molar-refractivity contribution < 1.29 is 4.79 Å². The van der Waals surface area contributed by atoms with Crippen LogP contribution in [0.15, 0.2) is 64.3 Å². The average Bonchev–Trinajstić information content (AvgIpc) is 2.90.